The molecule has 1 nitrogen and oxygen atoms in total. The van der Waals surface area contributed by atoms with E-state index in [1.165, 1.54) is 24.8 Å². The van der Waals surface area contributed by atoms with Gasteiger partial charge in [-0.2, -0.15) is 0 Å². The molecule has 0 spiro atoms. The van der Waals surface area contributed by atoms with Gasteiger partial charge >= 0.3 is 0 Å². The van der Waals surface area contributed by atoms with Gasteiger partial charge in [-0.3, -0.25) is 4.79 Å². The Hall–Kier alpha value is -0.850. The molecule has 0 aromatic rings. The third kappa shape index (κ3) is 1.88. The van der Waals surface area contributed by atoms with Crippen LogP contribution in [-0.4, -0.2) is 6.29 Å². The predicted molar refractivity (Wildman–Crippen MR) is 67.1 cm³/mol. The zero-order valence-electron chi connectivity index (χ0n) is 10.5. The lowest BCUT2D eigenvalue weighted by Crippen LogP contribution is -2.38. The van der Waals surface area contributed by atoms with E-state index in [0.717, 1.165) is 24.7 Å². The van der Waals surface area contributed by atoms with Crippen LogP contribution in [0.5, 0.6) is 0 Å². The molecule has 2 rings (SSSR count). The van der Waals surface area contributed by atoms with E-state index in [4.69, 9.17) is 0 Å². The van der Waals surface area contributed by atoms with Gasteiger partial charge in [-0.1, -0.05) is 25.2 Å². The van der Waals surface area contributed by atoms with Crippen molar-refractivity contribution >= 4 is 6.29 Å². The second kappa shape index (κ2) is 4.20. The summed E-state index contributed by atoms with van der Waals surface area (Å²) in [6, 6.07) is 0. The first kappa shape index (κ1) is 11.6. The Morgan fingerprint density at radius 3 is 2.94 bits per heavy atom. The van der Waals surface area contributed by atoms with Crippen molar-refractivity contribution in [3.63, 3.8) is 0 Å². The summed E-state index contributed by atoms with van der Waals surface area (Å²) < 4.78 is 0. The summed E-state index contributed by atoms with van der Waals surface area (Å²) in [6.07, 6.45) is 9.21. The quantitative estimate of drug-likeness (QED) is 0.507. The van der Waals surface area contributed by atoms with E-state index in [2.05, 4.69) is 26.5 Å². The number of aldehydes is 1. The molecule has 0 aliphatic heterocycles. The topological polar surface area (TPSA) is 17.1 Å². The molecule has 0 amide bonds. The van der Waals surface area contributed by atoms with Gasteiger partial charge in [-0.25, -0.2) is 0 Å². The molecule has 3 atom stereocenters. The number of hydrogen-bond donors (Lipinski definition) is 0. The van der Waals surface area contributed by atoms with Gasteiger partial charge in [0.1, 0.15) is 6.29 Å². The molecule has 1 saturated carbocycles. The first-order valence-electron chi connectivity index (χ1n) is 6.37. The molecular formula is C15H22O. The molecule has 1 fully saturated rings. The smallest absolute Gasteiger partial charge is 0.146 e. The molecule has 0 aromatic heterocycles. The molecule has 16 heavy (non-hydrogen) atoms. The maximum absolute atomic E-state index is 11.1. The van der Waals surface area contributed by atoms with Crippen LogP contribution in [0.15, 0.2) is 23.8 Å². The lowest BCUT2D eigenvalue weighted by atomic mass is 9.57. The van der Waals surface area contributed by atoms with Crippen LogP contribution in [-0.2, 0) is 4.79 Å². The van der Waals surface area contributed by atoms with Gasteiger partial charge < -0.3 is 0 Å². The minimum Gasteiger partial charge on any atom is -0.298 e. The Bertz CT molecular complexity index is 339. The van der Waals surface area contributed by atoms with Crippen LogP contribution in [0.4, 0.5) is 0 Å². The van der Waals surface area contributed by atoms with Gasteiger partial charge in [-0.05, 0) is 61.9 Å². The van der Waals surface area contributed by atoms with Gasteiger partial charge in [0, 0.05) is 0 Å². The summed E-state index contributed by atoms with van der Waals surface area (Å²) in [5, 5.41) is 0. The van der Waals surface area contributed by atoms with E-state index in [0.29, 0.717) is 17.3 Å². The molecule has 2 aliphatic carbocycles. The number of allylic oxidation sites excluding steroid dienone is 3. The van der Waals surface area contributed by atoms with Crippen molar-refractivity contribution in [1.29, 1.82) is 0 Å². The monoisotopic (exact) mass is 218 g/mol. The second-order valence-corrected chi connectivity index (χ2v) is 5.88. The highest BCUT2D eigenvalue weighted by molar-refractivity contribution is 5.74. The van der Waals surface area contributed by atoms with Crippen molar-refractivity contribution < 1.29 is 4.79 Å². The van der Waals surface area contributed by atoms with E-state index in [1.807, 2.05) is 0 Å². The van der Waals surface area contributed by atoms with Crippen molar-refractivity contribution in [3.05, 3.63) is 23.8 Å². The lowest BCUT2D eigenvalue weighted by molar-refractivity contribution is -0.106. The molecular weight excluding hydrogens is 196 g/mol. The number of hydrogen-bond acceptors (Lipinski definition) is 1. The highest BCUT2D eigenvalue weighted by Gasteiger charge is 2.42. The normalized spacial score (nSPS) is 38.5. The molecule has 0 radical (unpaired) electrons. The van der Waals surface area contributed by atoms with Crippen LogP contribution in [0.25, 0.3) is 0 Å². The van der Waals surface area contributed by atoms with Crippen molar-refractivity contribution in [3.8, 4) is 0 Å². The summed E-state index contributed by atoms with van der Waals surface area (Å²) in [6.45, 7) is 8.57. The zero-order valence-corrected chi connectivity index (χ0v) is 10.5. The molecule has 0 heterocycles. The minimum absolute atomic E-state index is 0.372. The Labute approximate surface area is 98.6 Å². The third-order valence-corrected chi connectivity index (χ3v) is 4.76. The molecule has 1 heteroatoms. The number of rotatable bonds is 2. The minimum atomic E-state index is 0.372. The van der Waals surface area contributed by atoms with E-state index >= 15 is 0 Å². The number of carbonyl (C=O) groups excluding carboxylic acids is 1. The summed E-state index contributed by atoms with van der Waals surface area (Å²) in [7, 11) is 0. The Kier molecular flexibility index (Phi) is 3.05. The molecule has 88 valence electrons. The third-order valence-electron chi connectivity index (χ3n) is 4.76. The maximum Gasteiger partial charge on any atom is 0.146 e. The van der Waals surface area contributed by atoms with E-state index in [9.17, 15) is 4.79 Å². The van der Waals surface area contributed by atoms with Crippen LogP contribution >= 0.6 is 0 Å². The first-order valence-corrected chi connectivity index (χ1v) is 6.37. The average molecular weight is 218 g/mol. The molecule has 2 aliphatic rings. The summed E-state index contributed by atoms with van der Waals surface area (Å²) in [5.41, 5.74) is 2.72. The highest BCUT2D eigenvalue weighted by atomic mass is 16.1. The summed E-state index contributed by atoms with van der Waals surface area (Å²) in [4.78, 5) is 11.1. The Morgan fingerprint density at radius 2 is 2.31 bits per heavy atom. The molecule has 3 unspecified atom stereocenters. The van der Waals surface area contributed by atoms with Crippen LogP contribution < -0.4 is 0 Å². The van der Waals surface area contributed by atoms with Gasteiger partial charge in [0.2, 0.25) is 0 Å². The van der Waals surface area contributed by atoms with Crippen molar-refractivity contribution in [2.75, 3.05) is 0 Å². The summed E-state index contributed by atoms with van der Waals surface area (Å²) in [5.74, 6) is 1.11. The van der Waals surface area contributed by atoms with E-state index in [1.54, 1.807) is 0 Å². The van der Waals surface area contributed by atoms with Crippen LogP contribution in [0.3, 0.4) is 0 Å². The Morgan fingerprint density at radius 1 is 1.56 bits per heavy atom. The molecule has 0 saturated heterocycles. The largest absolute Gasteiger partial charge is 0.298 e. The van der Waals surface area contributed by atoms with E-state index < -0.39 is 0 Å². The predicted octanol–water partition coefficient (Wildman–Crippen LogP) is 3.90. The first-order chi connectivity index (χ1) is 7.57. The highest BCUT2D eigenvalue weighted by Crippen LogP contribution is 2.52. The molecule has 0 N–H and O–H groups in total. The lowest BCUT2D eigenvalue weighted by Gasteiger charge is -2.47. The van der Waals surface area contributed by atoms with Crippen molar-refractivity contribution in [1.82, 2.24) is 0 Å². The fourth-order valence-corrected chi connectivity index (χ4v) is 3.49. The van der Waals surface area contributed by atoms with Crippen LogP contribution in [0, 0.1) is 17.3 Å². The van der Waals surface area contributed by atoms with Crippen molar-refractivity contribution in [2.24, 2.45) is 17.3 Å². The van der Waals surface area contributed by atoms with Gasteiger partial charge in [-0.15, -0.1) is 0 Å². The molecule has 0 aromatic carbocycles. The van der Waals surface area contributed by atoms with Gasteiger partial charge in [0.25, 0.3) is 0 Å². The SMILES string of the molecule is C=C(C)C1CCC2(C)CCC=C(C=O)C2C1. The fraction of sp³-hybridized carbons (Fsp3) is 0.667. The van der Waals surface area contributed by atoms with Crippen LogP contribution in [0.1, 0.15) is 46.0 Å². The standard InChI is InChI=1S/C15H22O/c1-11(2)12-6-8-15(3)7-4-5-13(10-16)14(15)9-12/h5,10,12,14H,1,4,6-9H2,2-3H3. The number of carbonyl (C=O) groups is 1. The molecule has 0 bridgehead atoms. The Balaban J connectivity index is 2.24. The maximum atomic E-state index is 11.1. The van der Waals surface area contributed by atoms with Crippen LogP contribution in [0.2, 0.25) is 0 Å². The van der Waals surface area contributed by atoms with E-state index in [-0.39, 0.29) is 0 Å². The van der Waals surface area contributed by atoms with Gasteiger partial charge in [0.15, 0.2) is 0 Å². The van der Waals surface area contributed by atoms with Crippen molar-refractivity contribution in [2.45, 2.75) is 46.0 Å². The zero-order chi connectivity index (χ0) is 11.8. The second-order valence-electron chi connectivity index (χ2n) is 5.88. The van der Waals surface area contributed by atoms with Gasteiger partial charge in [0.05, 0.1) is 0 Å². The fourth-order valence-electron chi connectivity index (χ4n) is 3.49. The average Bonchev–Trinajstić information content (AvgIpc) is 2.26. The summed E-state index contributed by atoms with van der Waals surface area (Å²) >= 11 is 0. The number of fused-ring (bicyclic) bond motifs is 1.